The molecule has 16 heavy (non-hydrogen) atoms. The largest absolute Gasteiger partial charge is 0.478 e. The van der Waals surface area contributed by atoms with Crippen molar-refractivity contribution in [2.24, 2.45) is 5.11 Å². The minimum Gasteiger partial charge on any atom is -0.478 e. The summed E-state index contributed by atoms with van der Waals surface area (Å²) in [6.07, 6.45) is 1.81. The lowest BCUT2D eigenvalue weighted by Gasteiger charge is -1.93. The van der Waals surface area contributed by atoms with Crippen molar-refractivity contribution < 1.29 is 9.90 Å². The predicted octanol–water partition coefficient (Wildman–Crippen LogP) is 1.83. The van der Waals surface area contributed by atoms with Crippen LogP contribution in [0.5, 0.6) is 0 Å². The van der Waals surface area contributed by atoms with Crippen LogP contribution in [0.4, 0.5) is 0 Å². The molecule has 0 saturated heterocycles. The van der Waals surface area contributed by atoms with Crippen LogP contribution < -0.4 is 0 Å². The number of hydrogen-bond donors (Lipinski definition) is 1. The molecule has 0 atom stereocenters. The van der Waals surface area contributed by atoms with Crippen LogP contribution in [-0.2, 0) is 0 Å². The number of carboxylic acids is 1. The lowest BCUT2D eigenvalue weighted by Crippen LogP contribution is -1.97. The summed E-state index contributed by atoms with van der Waals surface area (Å²) in [6.45, 7) is 0.294. The number of hydrogen-bond acceptors (Lipinski definition) is 3. The van der Waals surface area contributed by atoms with Crippen LogP contribution in [0, 0.1) is 11.8 Å². The zero-order valence-electron chi connectivity index (χ0n) is 8.29. The predicted molar refractivity (Wildman–Crippen MR) is 56.7 cm³/mol. The second-order valence-electron chi connectivity index (χ2n) is 2.74. The highest BCUT2D eigenvalue weighted by atomic mass is 16.4. The zero-order valence-corrected chi connectivity index (χ0v) is 8.29. The lowest BCUT2D eigenvalue weighted by molar-refractivity contribution is 0.0696. The van der Waals surface area contributed by atoms with Crippen molar-refractivity contribution in [1.29, 1.82) is 0 Å². The first-order chi connectivity index (χ1) is 7.74. The molecule has 0 aliphatic heterocycles. The van der Waals surface area contributed by atoms with Gasteiger partial charge in [-0.25, -0.2) is 9.78 Å². The third-order valence-electron chi connectivity index (χ3n) is 1.62. The van der Waals surface area contributed by atoms with E-state index in [2.05, 4.69) is 26.9 Å². The molecule has 0 aromatic carbocycles. The molecule has 1 heterocycles. The van der Waals surface area contributed by atoms with Crippen LogP contribution in [-0.4, -0.2) is 22.6 Å². The van der Waals surface area contributed by atoms with Crippen LogP contribution in [0.15, 0.2) is 23.4 Å². The van der Waals surface area contributed by atoms with Crippen LogP contribution in [0.3, 0.4) is 0 Å². The van der Waals surface area contributed by atoms with Crippen LogP contribution in [0.1, 0.15) is 22.5 Å². The average Bonchev–Trinajstić information content (AvgIpc) is 2.29. The summed E-state index contributed by atoms with van der Waals surface area (Å²) in [5.74, 6) is 4.41. The summed E-state index contributed by atoms with van der Waals surface area (Å²) in [6, 6.07) is 2.79. The summed E-state index contributed by atoms with van der Waals surface area (Å²) >= 11 is 0. The Morgan fingerprint density at radius 3 is 3.19 bits per heavy atom. The Kier molecular flexibility index (Phi) is 4.38. The van der Waals surface area contributed by atoms with Gasteiger partial charge in [0.25, 0.3) is 0 Å². The Morgan fingerprint density at radius 2 is 2.50 bits per heavy atom. The van der Waals surface area contributed by atoms with Gasteiger partial charge < -0.3 is 5.11 Å². The Bertz CT molecular complexity index is 495. The van der Waals surface area contributed by atoms with Crippen molar-refractivity contribution >= 4 is 5.97 Å². The third kappa shape index (κ3) is 3.70. The maximum absolute atomic E-state index is 10.6. The first-order valence-electron chi connectivity index (χ1n) is 4.43. The Balaban J connectivity index is 2.69. The number of pyridine rings is 1. The molecule has 6 nitrogen and oxygen atoms in total. The molecule has 0 radical (unpaired) electrons. The molecule has 1 aromatic heterocycles. The zero-order chi connectivity index (χ0) is 11.8. The SMILES string of the molecule is [N-]=[N+]=NCCC#Cc1cc(C(=O)O)ccn1. The van der Waals surface area contributed by atoms with E-state index in [1.807, 2.05) is 0 Å². The third-order valence-corrected chi connectivity index (χ3v) is 1.62. The van der Waals surface area contributed by atoms with E-state index in [-0.39, 0.29) is 5.56 Å². The minimum absolute atomic E-state index is 0.148. The van der Waals surface area contributed by atoms with Gasteiger partial charge in [0, 0.05) is 24.1 Å². The molecule has 80 valence electrons. The number of azide groups is 1. The van der Waals surface area contributed by atoms with Gasteiger partial charge in [-0.05, 0) is 23.6 Å². The maximum Gasteiger partial charge on any atom is 0.335 e. The molecule has 1 rings (SSSR count). The van der Waals surface area contributed by atoms with E-state index in [1.54, 1.807) is 0 Å². The summed E-state index contributed by atoms with van der Waals surface area (Å²) in [5.41, 5.74) is 8.55. The van der Waals surface area contributed by atoms with Gasteiger partial charge >= 0.3 is 5.97 Å². The molecular weight excluding hydrogens is 208 g/mol. The van der Waals surface area contributed by atoms with E-state index in [1.165, 1.54) is 18.3 Å². The normalized spacial score (nSPS) is 8.50. The number of aromatic nitrogens is 1. The van der Waals surface area contributed by atoms with Gasteiger partial charge in [-0.3, -0.25) is 0 Å². The highest BCUT2D eigenvalue weighted by Gasteiger charge is 2.01. The summed E-state index contributed by atoms with van der Waals surface area (Å²) in [5, 5.41) is 12.0. The van der Waals surface area contributed by atoms with Crippen LogP contribution in [0.25, 0.3) is 10.4 Å². The molecule has 0 unspecified atom stereocenters. The van der Waals surface area contributed by atoms with Crippen molar-refractivity contribution in [2.45, 2.75) is 6.42 Å². The fraction of sp³-hybridized carbons (Fsp3) is 0.200. The van der Waals surface area contributed by atoms with Gasteiger partial charge in [0.05, 0.1) is 5.56 Å². The van der Waals surface area contributed by atoms with E-state index in [0.717, 1.165) is 0 Å². The van der Waals surface area contributed by atoms with Crippen molar-refractivity contribution in [2.75, 3.05) is 6.54 Å². The van der Waals surface area contributed by atoms with Crippen molar-refractivity contribution in [1.82, 2.24) is 4.98 Å². The molecule has 0 spiro atoms. The molecular formula is C10H8N4O2. The fourth-order valence-corrected chi connectivity index (χ4v) is 0.936. The van der Waals surface area contributed by atoms with Crippen molar-refractivity contribution in [3.05, 3.63) is 40.0 Å². The lowest BCUT2D eigenvalue weighted by atomic mass is 10.2. The Labute approximate surface area is 91.6 Å². The van der Waals surface area contributed by atoms with Crippen molar-refractivity contribution in [3.63, 3.8) is 0 Å². The van der Waals surface area contributed by atoms with Gasteiger partial charge in [-0.1, -0.05) is 11.0 Å². The minimum atomic E-state index is -1.01. The monoisotopic (exact) mass is 216 g/mol. The summed E-state index contributed by atoms with van der Waals surface area (Å²) in [7, 11) is 0. The number of carboxylic acid groups (broad SMARTS) is 1. The van der Waals surface area contributed by atoms with Crippen LogP contribution in [0.2, 0.25) is 0 Å². The molecule has 0 fully saturated rings. The van der Waals surface area contributed by atoms with Crippen LogP contribution >= 0.6 is 0 Å². The summed E-state index contributed by atoms with van der Waals surface area (Å²) < 4.78 is 0. The summed E-state index contributed by atoms with van der Waals surface area (Å²) in [4.78, 5) is 17.1. The molecule has 0 bridgehead atoms. The van der Waals surface area contributed by atoms with E-state index in [4.69, 9.17) is 10.6 Å². The standard InChI is InChI=1S/C10H8N4O2/c11-14-13-5-2-1-3-9-7-8(10(15)16)4-6-12-9/h4,6-7H,2,5H2,(H,15,16). The highest BCUT2D eigenvalue weighted by molar-refractivity contribution is 5.87. The van der Waals surface area contributed by atoms with Gasteiger partial charge in [0.1, 0.15) is 5.69 Å². The number of carbonyl (C=O) groups is 1. The van der Waals surface area contributed by atoms with E-state index >= 15 is 0 Å². The number of aromatic carboxylic acids is 1. The van der Waals surface area contributed by atoms with Gasteiger partial charge in [0.15, 0.2) is 0 Å². The van der Waals surface area contributed by atoms with Gasteiger partial charge in [-0.2, -0.15) is 0 Å². The topological polar surface area (TPSA) is 99.0 Å². The second kappa shape index (κ2) is 6.06. The van der Waals surface area contributed by atoms with Crippen molar-refractivity contribution in [3.8, 4) is 11.8 Å². The molecule has 0 saturated carbocycles. The fourth-order valence-electron chi connectivity index (χ4n) is 0.936. The second-order valence-corrected chi connectivity index (χ2v) is 2.74. The molecule has 0 aliphatic rings. The molecule has 0 aliphatic carbocycles. The average molecular weight is 216 g/mol. The first-order valence-corrected chi connectivity index (χ1v) is 4.43. The van der Waals surface area contributed by atoms with E-state index in [0.29, 0.717) is 18.7 Å². The molecule has 1 N–H and O–H groups in total. The molecule has 1 aromatic rings. The maximum atomic E-state index is 10.6. The number of rotatable bonds is 3. The van der Waals surface area contributed by atoms with E-state index < -0.39 is 5.97 Å². The van der Waals surface area contributed by atoms with E-state index in [9.17, 15) is 4.79 Å². The highest BCUT2D eigenvalue weighted by Crippen LogP contribution is 2.00. The van der Waals surface area contributed by atoms with Gasteiger partial charge in [-0.15, -0.1) is 0 Å². The molecule has 6 heteroatoms. The quantitative estimate of drug-likeness (QED) is 0.274. The first kappa shape index (κ1) is 11.6. The Hall–Kier alpha value is -2.51. The van der Waals surface area contributed by atoms with Gasteiger partial charge in [0.2, 0.25) is 0 Å². The number of nitrogens with zero attached hydrogens (tertiary/aromatic N) is 4. The Morgan fingerprint density at radius 1 is 1.69 bits per heavy atom. The smallest absolute Gasteiger partial charge is 0.335 e. The molecule has 0 amide bonds.